The van der Waals surface area contributed by atoms with Gasteiger partial charge in [-0.1, -0.05) is 43.7 Å². The fourth-order valence-electron chi connectivity index (χ4n) is 4.61. The Labute approximate surface area is 345 Å². The number of hydrogen-bond donors (Lipinski definition) is 1. The Hall–Kier alpha value is -5.81. The molecule has 2 aliphatic heterocycles. The van der Waals surface area contributed by atoms with E-state index in [9.17, 15) is 59.1 Å². The van der Waals surface area contributed by atoms with Crippen molar-refractivity contribution in [1.29, 1.82) is 0 Å². The molecular weight excluding hydrogens is 940 g/mol. The molecule has 23 heteroatoms. The fraction of sp³-hybridized carbons (Fsp3) is 0.306. The lowest BCUT2D eigenvalue weighted by atomic mass is 10.2. The van der Waals surface area contributed by atoms with Crippen molar-refractivity contribution in [2.45, 2.75) is 43.3 Å². The van der Waals surface area contributed by atoms with Gasteiger partial charge in [-0.05, 0) is 39.8 Å². The molecule has 0 aliphatic carbocycles. The quantitative estimate of drug-likeness (QED) is 0.0954. The molecule has 0 spiro atoms. The summed E-state index contributed by atoms with van der Waals surface area (Å²) in [5, 5.41) is 6.80. The van der Waals surface area contributed by atoms with Gasteiger partial charge in [0.05, 0.1) is 41.4 Å². The summed E-state index contributed by atoms with van der Waals surface area (Å²) >= 11 is 6.22. The molecule has 0 radical (unpaired) electrons. The molecule has 314 valence electrons. The number of rotatable bonds is 7. The molecular formula is C36H28Br2F8N6O7. The largest absolute Gasteiger partial charge is 0.481 e. The highest BCUT2D eigenvalue weighted by atomic mass is 79.9. The number of ketones is 2. The predicted octanol–water partition coefficient (Wildman–Crippen LogP) is 6.24. The van der Waals surface area contributed by atoms with Gasteiger partial charge in [-0.3, -0.25) is 39.2 Å². The number of fused-ring (bicyclic) bond motifs is 2. The third kappa shape index (κ3) is 11.9. The van der Waals surface area contributed by atoms with Crippen LogP contribution in [-0.4, -0.2) is 74.6 Å². The normalized spacial score (nSPS) is 13.8. The molecule has 0 saturated heterocycles. The Bertz CT molecular complexity index is 2350. The zero-order valence-electron chi connectivity index (χ0n) is 30.7. The summed E-state index contributed by atoms with van der Waals surface area (Å²) in [6, 6.07) is 4.38. The van der Waals surface area contributed by atoms with Gasteiger partial charge in [0.15, 0.2) is 30.6 Å². The van der Waals surface area contributed by atoms with Gasteiger partial charge in [0, 0.05) is 18.2 Å². The smallest absolute Gasteiger partial charge is 0.456 e. The average Bonchev–Trinajstić information content (AvgIpc) is 3.13. The lowest BCUT2D eigenvalue weighted by Gasteiger charge is -2.28. The lowest BCUT2D eigenvalue weighted by Crippen LogP contribution is -2.39. The number of anilines is 3. The molecule has 0 saturated carbocycles. The topological polar surface area (TPSA) is 152 Å². The van der Waals surface area contributed by atoms with Gasteiger partial charge in [0.1, 0.15) is 26.1 Å². The SMILES string of the molecule is C#CCN1C(=O)COc2cc(F)c(-n3nc(C)c(C(F)(F)F)cc3=O)cc21.C#CCN1C(=O)COc2cc(F)c(N/N=C(\C)C(=O)C(F)(F)F)cc21.CC(=O)C(C)(Br)Br. The number of carbonyl (C=O) groups is 4. The molecule has 59 heavy (non-hydrogen) atoms. The summed E-state index contributed by atoms with van der Waals surface area (Å²) in [5.74, 6) is -0.292. The first kappa shape index (κ1) is 47.6. The standard InChI is InChI=1S/C17H11F4N3O3.C15H11F4N3O3.C4H6Br2O/c1-3-4-23-13-7-12(11(18)6-14(13)27-8-16(23)26)24-15(25)5-10(9(2)22-24)17(19,20)21;1-3-4-22-11-6-10(9(16)5-12(11)25-7-13(22)23)21-20-8(2)14(24)15(17,18)19;1-3(7)4(2,5)6/h1,5-7H,4,8H2,2H3;1,5-6,21H,4,7H2,2H3;1-2H3/b;20-8+;. The van der Waals surface area contributed by atoms with Crippen LogP contribution < -0.4 is 30.3 Å². The van der Waals surface area contributed by atoms with Gasteiger partial charge in [-0.15, -0.1) is 12.8 Å². The van der Waals surface area contributed by atoms with Crippen LogP contribution in [0.15, 0.2) is 40.2 Å². The molecule has 2 aromatic carbocycles. The first-order valence-corrected chi connectivity index (χ1v) is 17.7. The van der Waals surface area contributed by atoms with E-state index in [1.165, 1.54) is 6.92 Å². The lowest BCUT2D eigenvalue weighted by molar-refractivity contribution is -0.163. The van der Waals surface area contributed by atoms with Crippen LogP contribution in [0.5, 0.6) is 11.5 Å². The van der Waals surface area contributed by atoms with Gasteiger partial charge in [-0.2, -0.15) is 41.2 Å². The monoisotopic (exact) mass is 966 g/mol. The van der Waals surface area contributed by atoms with Crippen LogP contribution in [0.2, 0.25) is 0 Å². The minimum atomic E-state index is -5.09. The number of hydrogen-bond acceptors (Lipinski definition) is 10. The molecule has 2 aliphatic rings. The maximum Gasteiger partial charge on any atom is 0.456 e. The summed E-state index contributed by atoms with van der Waals surface area (Å²) < 4.78 is 114. The zero-order chi connectivity index (χ0) is 44.8. The summed E-state index contributed by atoms with van der Waals surface area (Å²) in [5.41, 5.74) is -2.33. The van der Waals surface area contributed by atoms with Crippen molar-refractivity contribution in [3.05, 3.63) is 63.6 Å². The molecule has 3 heterocycles. The number of aromatic nitrogens is 2. The minimum absolute atomic E-state index is 0.0165. The van der Waals surface area contributed by atoms with Gasteiger partial charge >= 0.3 is 12.4 Å². The van der Waals surface area contributed by atoms with Crippen molar-refractivity contribution in [2.75, 3.05) is 41.5 Å². The molecule has 2 amide bonds. The van der Waals surface area contributed by atoms with Crippen LogP contribution in [0.25, 0.3) is 5.69 Å². The van der Waals surface area contributed by atoms with E-state index in [0.717, 1.165) is 47.9 Å². The number of Topliss-reactive ketones (excluding diaryl/α,β-unsaturated/α-hetero) is 2. The number of amides is 2. The number of aryl methyl sites for hydroxylation is 1. The maximum atomic E-state index is 14.5. The van der Waals surface area contributed by atoms with Gasteiger partial charge < -0.3 is 9.47 Å². The van der Waals surface area contributed by atoms with Crippen LogP contribution in [0, 0.1) is 43.2 Å². The maximum absolute atomic E-state index is 14.5. The predicted molar refractivity (Wildman–Crippen MR) is 204 cm³/mol. The van der Waals surface area contributed by atoms with Crippen molar-refractivity contribution < 1.29 is 63.8 Å². The minimum Gasteiger partial charge on any atom is -0.481 e. The van der Waals surface area contributed by atoms with E-state index in [1.807, 2.05) is 5.43 Å². The first-order chi connectivity index (χ1) is 27.2. The second kappa shape index (κ2) is 18.8. The molecule has 0 unspecified atom stereocenters. The first-order valence-electron chi connectivity index (χ1n) is 16.1. The van der Waals surface area contributed by atoms with Gasteiger partial charge in [0.25, 0.3) is 23.2 Å². The molecule has 0 bridgehead atoms. The number of carbonyl (C=O) groups excluding carboxylic acids is 4. The van der Waals surface area contributed by atoms with Crippen LogP contribution >= 0.6 is 31.9 Å². The Morgan fingerprint density at radius 3 is 1.76 bits per heavy atom. The Morgan fingerprint density at radius 2 is 1.32 bits per heavy atom. The van der Waals surface area contributed by atoms with Crippen LogP contribution in [0.4, 0.5) is 52.2 Å². The molecule has 5 rings (SSSR count). The summed E-state index contributed by atoms with van der Waals surface area (Å²) in [4.78, 5) is 59.5. The van der Waals surface area contributed by atoms with E-state index in [-0.39, 0.29) is 60.6 Å². The van der Waals surface area contributed by atoms with Crippen molar-refractivity contribution in [3.63, 3.8) is 0 Å². The Kier molecular flexibility index (Phi) is 15.2. The van der Waals surface area contributed by atoms with E-state index >= 15 is 0 Å². The molecule has 13 nitrogen and oxygen atoms in total. The van der Waals surface area contributed by atoms with E-state index < -0.39 is 73.0 Å². The highest BCUT2D eigenvalue weighted by molar-refractivity contribution is 9.25. The molecule has 3 aromatic rings. The Morgan fingerprint density at radius 1 is 0.847 bits per heavy atom. The number of benzene rings is 2. The zero-order valence-corrected chi connectivity index (χ0v) is 33.9. The molecule has 1 N–H and O–H groups in total. The second-order valence-electron chi connectivity index (χ2n) is 12.0. The highest BCUT2D eigenvalue weighted by Gasteiger charge is 2.40. The van der Waals surface area contributed by atoms with Gasteiger partial charge in [-0.25, -0.2) is 8.78 Å². The molecule has 0 fully saturated rings. The molecule has 1 aromatic heterocycles. The Balaban J connectivity index is 0.000000272. The van der Waals surface area contributed by atoms with Crippen molar-refractivity contribution in [2.24, 2.45) is 5.10 Å². The summed E-state index contributed by atoms with van der Waals surface area (Å²) in [6.45, 7) is 4.24. The van der Waals surface area contributed by atoms with E-state index in [0.29, 0.717) is 10.7 Å². The number of ether oxygens (including phenoxy) is 2. The van der Waals surface area contributed by atoms with E-state index in [2.05, 4.69) is 53.9 Å². The van der Waals surface area contributed by atoms with Crippen molar-refractivity contribution in [1.82, 2.24) is 9.78 Å². The number of nitrogens with zero attached hydrogens (tertiary/aromatic N) is 5. The van der Waals surface area contributed by atoms with Gasteiger partial charge in [0.2, 0.25) is 0 Å². The highest BCUT2D eigenvalue weighted by Crippen LogP contribution is 2.37. The fourth-order valence-corrected chi connectivity index (χ4v) is 4.61. The number of halogens is 10. The average molecular weight is 968 g/mol. The number of hydrazone groups is 1. The summed E-state index contributed by atoms with van der Waals surface area (Å²) in [7, 11) is 0. The van der Waals surface area contributed by atoms with Crippen molar-refractivity contribution in [3.8, 4) is 41.9 Å². The number of terminal acetylenes is 2. The van der Waals surface area contributed by atoms with Crippen LogP contribution in [-0.2, 0) is 25.4 Å². The van der Waals surface area contributed by atoms with Crippen molar-refractivity contribution >= 4 is 78.0 Å². The number of alkyl halides is 8. The van der Waals surface area contributed by atoms with Crippen LogP contribution in [0.3, 0.4) is 0 Å². The summed E-state index contributed by atoms with van der Waals surface area (Å²) in [6.07, 6.45) is 0.545. The van der Waals surface area contributed by atoms with Crippen LogP contribution in [0.1, 0.15) is 32.0 Å². The third-order valence-corrected chi connectivity index (χ3v) is 8.78. The molecule has 0 atom stereocenters. The van der Waals surface area contributed by atoms with E-state index in [4.69, 9.17) is 22.3 Å². The third-order valence-electron chi connectivity index (χ3n) is 7.66. The number of nitrogens with one attached hydrogen (secondary N) is 1. The van der Waals surface area contributed by atoms with E-state index in [1.54, 1.807) is 6.92 Å². The second-order valence-corrected chi connectivity index (χ2v) is 16.2.